The maximum absolute atomic E-state index is 12.5. The first-order chi connectivity index (χ1) is 13.1. The number of hydrogen-bond acceptors (Lipinski definition) is 4. The summed E-state index contributed by atoms with van der Waals surface area (Å²) in [4.78, 5) is 14.1. The van der Waals surface area contributed by atoms with Gasteiger partial charge in [-0.05, 0) is 31.6 Å². The van der Waals surface area contributed by atoms with Gasteiger partial charge in [-0.2, -0.15) is 0 Å². The van der Waals surface area contributed by atoms with Crippen molar-refractivity contribution in [3.63, 3.8) is 0 Å². The molecule has 5 aliphatic rings. The zero-order valence-electron chi connectivity index (χ0n) is 16.1. The number of aromatic nitrogens is 3. The molecule has 7 heteroatoms. The molecule has 0 spiro atoms. The van der Waals surface area contributed by atoms with Gasteiger partial charge in [-0.25, -0.2) is 4.68 Å². The van der Waals surface area contributed by atoms with Crippen molar-refractivity contribution in [2.45, 2.75) is 82.0 Å². The van der Waals surface area contributed by atoms with Crippen molar-refractivity contribution >= 4 is 5.91 Å². The van der Waals surface area contributed by atoms with Crippen LogP contribution in [-0.4, -0.2) is 51.2 Å². The van der Waals surface area contributed by atoms with Crippen molar-refractivity contribution in [3.8, 4) is 0 Å². The lowest BCUT2D eigenvalue weighted by Gasteiger charge is -2.46. The molecule has 6 rings (SSSR count). The third-order valence-corrected chi connectivity index (χ3v) is 7.42. The predicted molar refractivity (Wildman–Crippen MR) is 98.9 cm³/mol. The van der Waals surface area contributed by atoms with Crippen molar-refractivity contribution in [2.24, 2.45) is 11.8 Å². The molecule has 1 aromatic rings. The van der Waals surface area contributed by atoms with E-state index in [9.17, 15) is 9.90 Å². The van der Waals surface area contributed by atoms with E-state index in [0.717, 1.165) is 76.7 Å². The summed E-state index contributed by atoms with van der Waals surface area (Å²) in [6.07, 6.45) is 11.5. The summed E-state index contributed by atoms with van der Waals surface area (Å²) in [5.41, 5.74) is -0.0313. The summed E-state index contributed by atoms with van der Waals surface area (Å²) >= 11 is 0. The average molecular weight is 375 g/mol. The quantitative estimate of drug-likeness (QED) is 0.678. The van der Waals surface area contributed by atoms with Crippen LogP contribution in [0.25, 0.3) is 0 Å². The summed E-state index contributed by atoms with van der Waals surface area (Å²) in [6.45, 7) is 2.96. The van der Waals surface area contributed by atoms with E-state index in [4.69, 9.17) is 0 Å². The van der Waals surface area contributed by atoms with E-state index in [1.54, 1.807) is 4.90 Å². The van der Waals surface area contributed by atoms with Crippen molar-refractivity contribution in [2.75, 3.05) is 13.1 Å². The average Bonchev–Trinajstić information content (AvgIpc) is 3.37. The van der Waals surface area contributed by atoms with Crippen LogP contribution in [0.5, 0.6) is 0 Å². The first kappa shape index (κ1) is 17.6. The molecule has 3 saturated heterocycles. The monoisotopic (exact) mass is 374 g/mol. The minimum atomic E-state index is -0.777. The van der Waals surface area contributed by atoms with E-state index in [0.29, 0.717) is 23.9 Å². The Labute approximate surface area is 160 Å². The number of nitrogens with zero attached hydrogens (tertiary/aromatic N) is 3. The summed E-state index contributed by atoms with van der Waals surface area (Å²) in [5.74, 6) is 0.998. The second kappa shape index (κ2) is 6.85. The van der Waals surface area contributed by atoms with E-state index in [1.807, 2.05) is 10.9 Å². The Balaban J connectivity index is 1.22. The molecule has 2 aliphatic carbocycles. The van der Waals surface area contributed by atoms with Crippen LogP contribution in [0.4, 0.5) is 0 Å². The summed E-state index contributed by atoms with van der Waals surface area (Å²) in [5, 5.41) is 22.7. The zero-order valence-corrected chi connectivity index (χ0v) is 16.1. The number of amides is 1. The smallest absolute Gasteiger partial charge is 0.229 e. The van der Waals surface area contributed by atoms with Crippen LogP contribution < -0.4 is 10.2 Å². The number of carbonyl (C=O) groups is 1. The molecule has 2 saturated carbocycles. The van der Waals surface area contributed by atoms with Crippen molar-refractivity contribution in [3.05, 3.63) is 11.9 Å². The van der Waals surface area contributed by atoms with Crippen LogP contribution in [0.15, 0.2) is 6.20 Å². The molecular weight excluding hydrogens is 342 g/mol. The number of quaternary nitrogens is 1. The van der Waals surface area contributed by atoms with Crippen LogP contribution in [0, 0.1) is 11.8 Å². The third-order valence-electron chi connectivity index (χ3n) is 7.42. The van der Waals surface area contributed by atoms with Gasteiger partial charge in [0.1, 0.15) is 17.3 Å². The maximum Gasteiger partial charge on any atom is 0.229 e. The highest BCUT2D eigenvalue weighted by Crippen LogP contribution is 2.35. The standard InChI is InChI=1S/C20H31N5O2/c26-19(21-15-4-5-15)17-12-24-9-6-14(17)10-16(24)11-25-13-18(22-23-25)20(27)7-2-1-3-8-20/h13-17,27H,1-12H2,(H,21,26)/p+1/t14-,16+,17-/m0/s1. The van der Waals surface area contributed by atoms with Gasteiger partial charge in [0.25, 0.3) is 0 Å². The van der Waals surface area contributed by atoms with E-state index in [-0.39, 0.29) is 5.92 Å². The van der Waals surface area contributed by atoms with Crippen LogP contribution in [0.1, 0.15) is 63.5 Å². The summed E-state index contributed by atoms with van der Waals surface area (Å²) in [7, 11) is 0. The van der Waals surface area contributed by atoms with Crippen LogP contribution in [0.3, 0.4) is 0 Å². The molecule has 148 valence electrons. The fourth-order valence-electron chi connectivity index (χ4n) is 5.57. The molecule has 1 aromatic heterocycles. The summed E-state index contributed by atoms with van der Waals surface area (Å²) < 4.78 is 1.93. The summed E-state index contributed by atoms with van der Waals surface area (Å²) in [6, 6.07) is 0.960. The van der Waals surface area contributed by atoms with E-state index in [1.165, 1.54) is 6.42 Å². The highest BCUT2D eigenvalue weighted by molar-refractivity contribution is 5.79. The van der Waals surface area contributed by atoms with Crippen LogP contribution in [-0.2, 0) is 16.9 Å². The van der Waals surface area contributed by atoms with Gasteiger partial charge in [0.15, 0.2) is 0 Å². The van der Waals surface area contributed by atoms with Gasteiger partial charge in [0.05, 0.1) is 31.7 Å². The highest BCUT2D eigenvalue weighted by Gasteiger charge is 2.47. The normalized spacial score (nSPS) is 35.1. The Morgan fingerprint density at radius 2 is 2.11 bits per heavy atom. The van der Waals surface area contributed by atoms with Crippen LogP contribution in [0.2, 0.25) is 0 Å². The van der Waals surface area contributed by atoms with Gasteiger partial charge < -0.3 is 15.3 Å². The number of carbonyl (C=O) groups excluding carboxylic acids is 1. The third kappa shape index (κ3) is 3.51. The van der Waals surface area contributed by atoms with Gasteiger partial charge in [-0.1, -0.05) is 24.5 Å². The first-order valence-electron chi connectivity index (χ1n) is 10.9. The fourth-order valence-corrected chi connectivity index (χ4v) is 5.57. The van der Waals surface area contributed by atoms with Gasteiger partial charge in [0, 0.05) is 18.9 Å². The molecule has 4 atom stereocenters. The molecule has 1 unspecified atom stereocenters. The Hall–Kier alpha value is -1.47. The Bertz CT molecular complexity index is 694. The maximum atomic E-state index is 12.5. The van der Waals surface area contributed by atoms with E-state index in [2.05, 4.69) is 15.6 Å². The minimum Gasteiger partial charge on any atom is -0.383 e. The molecule has 0 aromatic carbocycles. The second-order valence-corrected chi connectivity index (χ2v) is 9.40. The first-order valence-corrected chi connectivity index (χ1v) is 10.9. The molecular formula is C20H32N5O2+. The Morgan fingerprint density at radius 1 is 1.30 bits per heavy atom. The lowest BCUT2D eigenvalue weighted by atomic mass is 9.75. The highest BCUT2D eigenvalue weighted by atomic mass is 16.3. The van der Waals surface area contributed by atoms with Gasteiger partial charge in [-0.15, -0.1) is 5.10 Å². The molecule has 27 heavy (non-hydrogen) atoms. The molecule has 4 heterocycles. The van der Waals surface area contributed by atoms with E-state index >= 15 is 0 Å². The molecule has 2 bridgehead atoms. The number of aliphatic hydroxyl groups is 1. The van der Waals surface area contributed by atoms with E-state index < -0.39 is 5.60 Å². The lowest BCUT2D eigenvalue weighted by molar-refractivity contribution is -0.945. The van der Waals surface area contributed by atoms with Crippen LogP contribution >= 0.6 is 0 Å². The number of rotatable bonds is 5. The number of hydrogen-bond donors (Lipinski definition) is 3. The Kier molecular flexibility index (Phi) is 4.47. The van der Waals surface area contributed by atoms with Crippen molar-refractivity contribution in [1.82, 2.24) is 20.3 Å². The molecule has 3 aliphatic heterocycles. The Morgan fingerprint density at radius 3 is 2.81 bits per heavy atom. The second-order valence-electron chi connectivity index (χ2n) is 9.40. The predicted octanol–water partition coefficient (Wildman–Crippen LogP) is 0.00170. The van der Waals surface area contributed by atoms with Gasteiger partial charge in [-0.3, -0.25) is 4.79 Å². The topological polar surface area (TPSA) is 84.5 Å². The van der Waals surface area contributed by atoms with Gasteiger partial charge in [0.2, 0.25) is 5.91 Å². The zero-order chi connectivity index (χ0) is 18.4. The molecule has 3 N–H and O–H groups in total. The number of piperidine rings is 3. The van der Waals surface area contributed by atoms with Crippen molar-refractivity contribution in [1.29, 1.82) is 0 Å². The SMILES string of the molecule is O=C(NC1CC1)[C@H]1C[NH+]2CC[C@H]1C[C@@H]2Cn1cc(C2(O)CCCCC2)nn1. The fraction of sp³-hybridized carbons (Fsp3) is 0.850. The molecule has 1 amide bonds. The molecule has 5 fully saturated rings. The number of nitrogens with one attached hydrogen (secondary N) is 2. The minimum absolute atomic E-state index is 0.194. The lowest BCUT2D eigenvalue weighted by Crippen LogP contribution is -3.20. The molecule has 7 nitrogen and oxygen atoms in total. The largest absolute Gasteiger partial charge is 0.383 e. The number of fused-ring (bicyclic) bond motifs is 3. The van der Waals surface area contributed by atoms with Crippen molar-refractivity contribution < 1.29 is 14.8 Å². The molecule has 0 radical (unpaired) electrons. The van der Waals surface area contributed by atoms with Gasteiger partial charge >= 0.3 is 0 Å².